The van der Waals surface area contributed by atoms with Gasteiger partial charge in [-0.05, 0) is 47.9 Å². The van der Waals surface area contributed by atoms with Crippen LogP contribution in [0.15, 0.2) is 58.6 Å². The molecule has 35 heavy (non-hydrogen) atoms. The number of likely N-dealkylation sites (tertiary alicyclic amines) is 1. The Morgan fingerprint density at radius 2 is 1.71 bits per heavy atom. The van der Waals surface area contributed by atoms with E-state index in [2.05, 4.69) is 34.7 Å². The molecule has 2 aromatic rings. The number of carbonyl (C=O) groups excluding carboxylic acids is 2. The summed E-state index contributed by atoms with van der Waals surface area (Å²) in [6.07, 6.45) is 0. The SMILES string of the molecule is CC(C)COc1ccc(/C(O)=C2\C(=O)C(=O)N(CCN3CCOCC3)C2c2ccc(Br)cc2)cc1. The van der Waals surface area contributed by atoms with E-state index in [1.807, 2.05) is 24.3 Å². The molecule has 7 nitrogen and oxygen atoms in total. The van der Waals surface area contributed by atoms with E-state index in [4.69, 9.17) is 9.47 Å². The topological polar surface area (TPSA) is 79.3 Å². The standard InChI is InChI=1S/C27H31BrN2O5/c1-18(2)17-35-22-9-5-20(6-10-22)25(31)23-24(19-3-7-21(28)8-4-19)30(27(33)26(23)32)12-11-29-13-15-34-16-14-29/h3-10,18,24,31H,11-17H2,1-2H3/b25-23+. The number of carbonyl (C=O) groups is 2. The third kappa shape index (κ3) is 5.94. The van der Waals surface area contributed by atoms with Gasteiger partial charge in [0.05, 0.1) is 31.4 Å². The van der Waals surface area contributed by atoms with E-state index in [0.717, 1.165) is 23.1 Å². The Labute approximate surface area is 214 Å². The highest BCUT2D eigenvalue weighted by Crippen LogP contribution is 2.39. The molecule has 2 saturated heterocycles. The van der Waals surface area contributed by atoms with E-state index in [-0.39, 0.29) is 11.3 Å². The summed E-state index contributed by atoms with van der Waals surface area (Å²) < 4.78 is 12.0. The second-order valence-corrected chi connectivity index (χ2v) is 10.1. The van der Waals surface area contributed by atoms with Gasteiger partial charge in [-0.1, -0.05) is 41.9 Å². The lowest BCUT2D eigenvalue weighted by molar-refractivity contribution is -0.140. The largest absolute Gasteiger partial charge is 0.507 e. The molecule has 2 heterocycles. The van der Waals surface area contributed by atoms with Crippen LogP contribution in [0.25, 0.3) is 5.76 Å². The summed E-state index contributed by atoms with van der Waals surface area (Å²) in [5.74, 6) is -0.365. The van der Waals surface area contributed by atoms with E-state index in [9.17, 15) is 14.7 Å². The van der Waals surface area contributed by atoms with Crippen molar-refractivity contribution in [3.05, 3.63) is 69.7 Å². The van der Waals surface area contributed by atoms with Crippen LogP contribution in [-0.4, -0.2) is 72.6 Å². The number of ether oxygens (including phenoxy) is 2. The van der Waals surface area contributed by atoms with Crippen molar-refractivity contribution in [1.82, 2.24) is 9.80 Å². The number of aliphatic hydroxyl groups is 1. The van der Waals surface area contributed by atoms with Gasteiger partial charge in [-0.3, -0.25) is 14.5 Å². The zero-order valence-electron chi connectivity index (χ0n) is 20.1. The van der Waals surface area contributed by atoms with Gasteiger partial charge in [0.25, 0.3) is 11.7 Å². The molecule has 1 amide bonds. The minimum absolute atomic E-state index is 0.107. The van der Waals surface area contributed by atoms with Crippen LogP contribution < -0.4 is 4.74 Å². The summed E-state index contributed by atoms with van der Waals surface area (Å²) in [5.41, 5.74) is 1.35. The predicted octanol–water partition coefficient (Wildman–Crippen LogP) is 4.24. The molecule has 1 unspecified atom stereocenters. The van der Waals surface area contributed by atoms with Crippen LogP contribution in [0.3, 0.4) is 0 Å². The minimum Gasteiger partial charge on any atom is -0.507 e. The van der Waals surface area contributed by atoms with Crippen molar-refractivity contribution in [2.24, 2.45) is 5.92 Å². The van der Waals surface area contributed by atoms with Crippen LogP contribution in [0.4, 0.5) is 0 Å². The molecule has 0 radical (unpaired) electrons. The van der Waals surface area contributed by atoms with Gasteiger partial charge in [-0.2, -0.15) is 0 Å². The fraction of sp³-hybridized carbons (Fsp3) is 0.407. The van der Waals surface area contributed by atoms with Crippen molar-refractivity contribution in [3.63, 3.8) is 0 Å². The van der Waals surface area contributed by atoms with Crippen molar-refractivity contribution < 1.29 is 24.2 Å². The van der Waals surface area contributed by atoms with Crippen molar-refractivity contribution >= 4 is 33.4 Å². The maximum Gasteiger partial charge on any atom is 0.295 e. The molecule has 1 atom stereocenters. The Hall–Kier alpha value is -2.68. The Morgan fingerprint density at radius 1 is 1.06 bits per heavy atom. The quantitative estimate of drug-likeness (QED) is 0.305. The Bertz CT molecular complexity index is 1080. The summed E-state index contributed by atoms with van der Waals surface area (Å²) >= 11 is 3.45. The summed E-state index contributed by atoms with van der Waals surface area (Å²) in [6.45, 7) is 8.63. The molecule has 186 valence electrons. The number of hydrogen-bond acceptors (Lipinski definition) is 6. The van der Waals surface area contributed by atoms with Crippen LogP contribution in [0.1, 0.15) is 31.0 Å². The zero-order valence-corrected chi connectivity index (χ0v) is 21.7. The Morgan fingerprint density at radius 3 is 2.34 bits per heavy atom. The number of morpholine rings is 1. The molecular formula is C27H31BrN2O5. The van der Waals surface area contributed by atoms with Gasteiger partial charge in [0.2, 0.25) is 0 Å². The van der Waals surface area contributed by atoms with Crippen LogP contribution in [0.2, 0.25) is 0 Å². The number of aliphatic hydroxyl groups excluding tert-OH is 1. The summed E-state index contributed by atoms with van der Waals surface area (Å²) in [7, 11) is 0. The molecule has 1 N–H and O–H groups in total. The second kappa shape index (κ2) is 11.4. The first-order valence-electron chi connectivity index (χ1n) is 11.9. The van der Waals surface area contributed by atoms with Crippen molar-refractivity contribution in [3.8, 4) is 5.75 Å². The maximum atomic E-state index is 13.2. The van der Waals surface area contributed by atoms with Gasteiger partial charge in [0.1, 0.15) is 11.5 Å². The highest BCUT2D eigenvalue weighted by atomic mass is 79.9. The van der Waals surface area contributed by atoms with Crippen LogP contribution >= 0.6 is 15.9 Å². The van der Waals surface area contributed by atoms with Gasteiger partial charge in [-0.15, -0.1) is 0 Å². The number of nitrogens with zero attached hydrogens (tertiary/aromatic N) is 2. The smallest absolute Gasteiger partial charge is 0.295 e. The Kier molecular flexibility index (Phi) is 8.26. The third-order valence-electron chi connectivity index (χ3n) is 6.20. The summed E-state index contributed by atoms with van der Waals surface area (Å²) in [6, 6.07) is 13.8. The molecule has 0 spiro atoms. The lowest BCUT2D eigenvalue weighted by Gasteiger charge is -2.31. The molecular weight excluding hydrogens is 512 g/mol. The fourth-order valence-corrected chi connectivity index (χ4v) is 4.57. The highest BCUT2D eigenvalue weighted by molar-refractivity contribution is 9.10. The van der Waals surface area contributed by atoms with Crippen molar-refractivity contribution in [1.29, 1.82) is 0 Å². The number of benzene rings is 2. The molecule has 0 bridgehead atoms. The average Bonchev–Trinajstić information content (AvgIpc) is 3.12. The lowest BCUT2D eigenvalue weighted by Crippen LogP contribution is -2.42. The molecule has 8 heteroatoms. The molecule has 2 aromatic carbocycles. The van der Waals surface area contributed by atoms with E-state index < -0.39 is 17.7 Å². The van der Waals surface area contributed by atoms with Crippen molar-refractivity contribution in [2.75, 3.05) is 46.0 Å². The lowest BCUT2D eigenvalue weighted by atomic mass is 9.95. The zero-order chi connectivity index (χ0) is 24.9. The molecule has 2 aliphatic heterocycles. The normalized spacial score (nSPS) is 20.6. The molecule has 0 saturated carbocycles. The first kappa shape index (κ1) is 25.4. The first-order chi connectivity index (χ1) is 16.8. The van der Waals surface area contributed by atoms with Crippen LogP contribution in [0.5, 0.6) is 5.75 Å². The van der Waals surface area contributed by atoms with Gasteiger partial charge in [0, 0.05) is 36.2 Å². The number of rotatable bonds is 8. The van der Waals surface area contributed by atoms with E-state index in [1.54, 1.807) is 29.2 Å². The number of hydrogen-bond donors (Lipinski definition) is 1. The van der Waals surface area contributed by atoms with Crippen LogP contribution in [-0.2, 0) is 14.3 Å². The molecule has 0 aromatic heterocycles. The minimum atomic E-state index is -0.669. The molecule has 2 aliphatic rings. The molecule has 0 aliphatic carbocycles. The fourth-order valence-electron chi connectivity index (χ4n) is 4.30. The van der Waals surface area contributed by atoms with E-state index in [0.29, 0.717) is 50.1 Å². The number of ketones is 1. The summed E-state index contributed by atoms with van der Waals surface area (Å²) in [4.78, 5) is 30.1. The third-order valence-corrected chi connectivity index (χ3v) is 6.73. The van der Waals surface area contributed by atoms with Crippen molar-refractivity contribution in [2.45, 2.75) is 19.9 Å². The maximum absolute atomic E-state index is 13.2. The number of Topliss-reactive ketones (excluding diaryl/α,β-unsaturated/α-hetero) is 1. The number of amides is 1. The predicted molar refractivity (Wildman–Crippen MR) is 137 cm³/mol. The molecule has 4 rings (SSSR count). The van der Waals surface area contributed by atoms with Gasteiger partial charge < -0.3 is 19.5 Å². The summed E-state index contributed by atoms with van der Waals surface area (Å²) in [5, 5.41) is 11.2. The van der Waals surface area contributed by atoms with E-state index in [1.165, 1.54) is 0 Å². The molecule has 2 fully saturated rings. The highest BCUT2D eigenvalue weighted by Gasteiger charge is 2.46. The van der Waals surface area contributed by atoms with Gasteiger partial charge in [-0.25, -0.2) is 0 Å². The Balaban J connectivity index is 1.66. The monoisotopic (exact) mass is 542 g/mol. The first-order valence-corrected chi connectivity index (χ1v) is 12.7. The van der Waals surface area contributed by atoms with Crippen LogP contribution in [0, 0.1) is 5.92 Å². The number of halogens is 1. The van der Waals surface area contributed by atoms with Gasteiger partial charge in [0.15, 0.2) is 0 Å². The second-order valence-electron chi connectivity index (χ2n) is 9.23. The van der Waals surface area contributed by atoms with Gasteiger partial charge >= 0.3 is 0 Å². The van der Waals surface area contributed by atoms with E-state index >= 15 is 0 Å². The average molecular weight is 543 g/mol.